The number of aliphatic hydroxyl groups excluding tert-OH is 2. The standard InChI is InChI=1S/C20H23NO2/c1-19(2,3)17(22)18(23)20(14-21,15-10-6-4-7-11-15)16-12-8-5-9-13-16/h4-13,17-18,22-23H,1-3H3/t17-,18-/m1/s1. The molecule has 0 aliphatic carbocycles. The van der Waals surface area contributed by atoms with Gasteiger partial charge < -0.3 is 10.2 Å². The van der Waals surface area contributed by atoms with Crippen LogP contribution in [-0.2, 0) is 5.41 Å². The first kappa shape index (κ1) is 17.2. The van der Waals surface area contributed by atoms with Crippen molar-refractivity contribution >= 4 is 0 Å². The van der Waals surface area contributed by atoms with Gasteiger partial charge in [0.2, 0.25) is 0 Å². The molecule has 23 heavy (non-hydrogen) atoms. The van der Waals surface area contributed by atoms with Crippen LogP contribution in [0.25, 0.3) is 0 Å². The van der Waals surface area contributed by atoms with Crippen LogP contribution >= 0.6 is 0 Å². The number of nitrogens with zero attached hydrogens (tertiary/aromatic N) is 1. The summed E-state index contributed by atoms with van der Waals surface area (Å²) in [6.45, 7) is 5.54. The van der Waals surface area contributed by atoms with Crippen molar-refractivity contribution in [1.29, 1.82) is 5.26 Å². The largest absolute Gasteiger partial charge is 0.390 e. The van der Waals surface area contributed by atoms with E-state index in [0.29, 0.717) is 11.1 Å². The quantitative estimate of drug-likeness (QED) is 0.911. The molecule has 0 amide bonds. The molecular formula is C20H23NO2. The third kappa shape index (κ3) is 3.14. The highest BCUT2D eigenvalue weighted by atomic mass is 16.3. The van der Waals surface area contributed by atoms with Gasteiger partial charge in [0.15, 0.2) is 0 Å². The zero-order valence-corrected chi connectivity index (χ0v) is 13.8. The third-order valence-corrected chi connectivity index (χ3v) is 4.26. The molecule has 2 atom stereocenters. The molecule has 0 aliphatic heterocycles. The average Bonchev–Trinajstić information content (AvgIpc) is 2.56. The van der Waals surface area contributed by atoms with E-state index in [1.54, 1.807) is 0 Å². The van der Waals surface area contributed by atoms with E-state index < -0.39 is 23.0 Å². The van der Waals surface area contributed by atoms with Crippen molar-refractivity contribution in [3.05, 3.63) is 71.8 Å². The van der Waals surface area contributed by atoms with Crippen LogP contribution in [0.5, 0.6) is 0 Å². The second-order valence-corrected chi connectivity index (χ2v) is 6.91. The van der Waals surface area contributed by atoms with E-state index in [1.165, 1.54) is 0 Å². The van der Waals surface area contributed by atoms with E-state index in [-0.39, 0.29) is 0 Å². The zero-order chi connectivity index (χ0) is 17.1. The van der Waals surface area contributed by atoms with Gasteiger partial charge in [-0.1, -0.05) is 81.4 Å². The van der Waals surface area contributed by atoms with Crippen molar-refractivity contribution in [3.8, 4) is 6.07 Å². The maximum atomic E-state index is 11.0. The molecule has 3 nitrogen and oxygen atoms in total. The maximum Gasteiger partial charge on any atom is 0.135 e. The first-order valence-electron chi connectivity index (χ1n) is 7.72. The summed E-state index contributed by atoms with van der Waals surface area (Å²) in [7, 11) is 0. The first-order chi connectivity index (χ1) is 10.8. The van der Waals surface area contributed by atoms with Crippen LogP contribution in [0.2, 0.25) is 0 Å². The Labute approximate surface area is 137 Å². The van der Waals surface area contributed by atoms with Gasteiger partial charge in [-0.25, -0.2) is 0 Å². The Morgan fingerprint density at radius 1 is 0.783 bits per heavy atom. The van der Waals surface area contributed by atoms with Gasteiger partial charge in [-0.05, 0) is 16.5 Å². The highest BCUT2D eigenvalue weighted by Crippen LogP contribution is 2.39. The molecule has 0 aromatic heterocycles. The van der Waals surface area contributed by atoms with E-state index in [1.807, 2.05) is 81.4 Å². The summed E-state index contributed by atoms with van der Waals surface area (Å²) < 4.78 is 0. The van der Waals surface area contributed by atoms with Crippen molar-refractivity contribution in [2.45, 2.75) is 38.4 Å². The Kier molecular flexibility index (Phi) is 4.89. The van der Waals surface area contributed by atoms with Gasteiger partial charge in [0.25, 0.3) is 0 Å². The second kappa shape index (κ2) is 6.54. The fourth-order valence-electron chi connectivity index (χ4n) is 2.82. The van der Waals surface area contributed by atoms with E-state index in [2.05, 4.69) is 6.07 Å². The zero-order valence-electron chi connectivity index (χ0n) is 13.8. The summed E-state index contributed by atoms with van der Waals surface area (Å²) in [5.41, 5.74) is -0.533. The molecule has 0 saturated carbocycles. The average molecular weight is 309 g/mol. The normalized spacial score (nSPS) is 14.8. The van der Waals surface area contributed by atoms with Gasteiger partial charge in [0.1, 0.15) is 11.5 Å². The minimum Gasteiger partial charge on any atom is -0.390 e. The molecule has 2 rings (SSSR count). The van der Waals surface area contributed by atoms with Crippen molar-refractivity contribution in [1.82, 2.24) is 0 Å². The van der Waals surface area contributed by atoms with Crippen molar-refractivity contribution in [3.63, 3.8) is 0 Å². The van der Waals surface area contributed by atoms with Crippen LogP contribution in [0.3, 0.4) is 0 Å². The molecule has 0 radical (unpaired) electrons. The number of aliphatic hydroxyl groups is 2. The lowest BCUT2D eigenvalue weighted by Gasteiger charge is -2.40. The molecule has 2 aromatic carbocycles. The summed E-state index contributed by atoms with van der Waals surface area (Å²) >= 11 is 0. The van der Waals surface area contributed by atoms with Crippen LogP contribution < -0.4 is 0 Å². The Balaban J connectivity index is 2.68. The van der Waals surface area contributed by atoms with Crippen LogP contribution in [0.15, 0.2) is 60.7 Å². The molecule has 0 aliphatic rings. The van der Waals surface area contributed by atoms with Gasteiger partial charge in [-0.2, -0.15) is 5.26 Å². The number of nitriles is 1. The third-order valence-electron chi connectivity index (χ3n) is 4.26. The molecule has 2 N–H and O–H groups in total. The molecule has 0 bridgehead atoms. The van der Waals surface area contributed by atoms with E-state index in [4.69, 9.17) is 0 Å². The van der Waals surface area contributed by atoms with Crippen molar-refractivity contribution in [2.24, 2.45) is 5.41 Å². The fraction of sp³-hybridized carbons (Fsp3) is 0.350. The van der Waals surface area contributed by atoms with E-state index >= 15 is 0 Å². The smallest absolute Gasteiger partial charge is 0.135 e. The van der Waals surface area contributed by atoms with E-state index in [0.717, 1.165) is 0 Å². The summed E-state index contributed by atoms with van der Waals surface area (Å²) in [5.74, 6) is 0. The summed E-state index contributed by atoms with van der Waals surface area (Å²) in [5, 5.41) is 31.7. The molecule has 2 aromatic rings. The molecule has 0 spiro atoms. The van der Waals surface area contributed by atoms with Gasteiger partial charge in [-0.15, -0.1) is 0 Å². The fourth-order valence-corrected chi connectivity index (χ4v) is 2.82. The first-order valence-corrected chi connectivity index (χ1v) is 7.72. The van der Waals surface area contributed by atoms with Crippen LogP contribution in [-0.4, -0.2) is 22.4 Å². The van der Waals surface area contributed by atoms with Gasteiger partial charge in [0, 0.05) is 0 Å². The molecule has 0 saturated heterocycles. The van der Waals surface area contributed by atoms with Crippen LogP contribution in [0, 0.1) is 16.7 Å². The van der Waals surface area contributed by atoms with E-state index in [9.17, 15) is 15.5 Å². The number of rotatable bonds is 4. The van der Waals surface area contributed by atoms with Gasteiger partial charge in [0.05, 0.1) is 12.2 Å². The number of benzene rings is 2. The predicted octanol–water partition coefficient (Wildman–Crippen LogP) is 3.26. The highest BCUT2D eigenvalue weighted by molar-refractivity contribution is 5.48. The topological polar surface area (TPSA) is 64.2 Å². The molecule has 0 fully saturated rings. The lowest BCUT2D eigenvalue weighted by molar-refractivity contribution is -0.0627. The summed E-state index contributed by atoms with van der Waals surface area (Å²) in [6, 6.07) is 20.6. The lowest BCUT2D eigenvalue weighted by Crippen LogP contribution is -2.51. The maximum absolute atomic E-state index is 11.0. The molecule has 0 unspecified atom stereocenters. The van der Waals surface area contributed by atoms with Gasteiger partial charge in [-0.3, -0.25) is 0 Å². The Morgan fingerprint density at radius 3 is 1.48 bits per heavy atom. The Bertz CT molecular complexity index is 629. The minimum atomic E-state index is -1.32. The molecule has 120 valence electrons. The highest BCUT2D eigenvalue weighted by Gasteiger charge is 2.48. The minimum absolute atomic E-state index is 0.551. The number of hydrogen-bond donors (Lipinski definition) is 2. The lowest BCUT2D eigenvalue weighted by atomic mass is 9.66. The monoisotopic (exact) mass is 309 g/mol. The summed E-state index contributed by atoms with van der Waals surface area (Å²) in [4.78, 5) is 0. The number of hydrogen-bond acceptors (Lipinski definition) is 3. The van der Waals surface area contributed by atoms with Crippen LogP contribution in [0.1, 0.15) is 31.9 Å². The van der Waals surface area contributed by atoms with Crippen LogP contribution in [0.4, 0.5) is 0 Å². The second-order valence-electron chi connectivity index (χ2n) is 6.91. The molecule has 0 heterocycles. The Hall–Kier alpha value is -2.15. The summed E-state index contributed by atoms with van der Waals surface area (Å²) in [6.07, 6.45) is -2.31. The van der Waals surface area contributed by atoms with Crippen molar-refractivity contribution in [2.75, 3.05) is 0 Å². The Morgan fingerprint density at radius 2 is 1.17 bits per heavy atom. The molecular weight excluding hydrogens is 286 g/mol. The predicted molar refractivity (Wildman–Crippen MR) is 90.7 cm³/mol. The van der Waals surface area contributed by atoms with Crippen molar-refractivity contribution < 1.29 is 10.2 Å². The SMILES string of the molecule is CC(C)(C)[C@H](O)[C@@H](O)C(C#N)(c1ccccc1)c1ccccc1. The molecule has 3 heteroatoms. The van der Waals surface area contributed by atoms with Gasteiger partial charge >= 0.3 is 0 Å².